The lowest BCUT2D eigenvalue weighted by Crippen LogP contribution is -2.30. The van der Waals surface area contributed by atoms with Crippen molar-refractivity contribution < 1.29 is 4.79 Å². The second kappa shape index (κ2) is 8.04. The highest BCUT2D eigenvalue weighted by Gasteiger charge is 2.19. The summed E-state index contributed by atoms with van der Waals surface area (Å²) in [5, 5.41) is 0. The van der Waals surface area contributed by atoms with Gasteiger partial charge in [0.2, 0.25) is 0 Å². The SMILES string of the molecule is O=C(c1ccc(N2CCCC2)cc1)N(Cc1cccnc1)c1ccccc1. The number of amides is 1. The minimum absolute atomic E-state index is 0.00183. The van der Waals surface area contributed by atoms with E-state index < -0.39 is 0 Å². The quantitative estimate of drug-likeness (QED) is 0.673. The molecule has 4 heteroatoms. The van der Waals surface area contributed by atoms with Gasteiger partial charge in [-0.25, -0.2) is 0 Å². The van der Waals surface area contributed by atoms with Gasteiger partial charge in [0, 0.05) is 42.4 Å². The molecule has 1 saturated heterocycles. The Bertz CT molecular complexity index is 873. The average Bonchev–Trinajstić information content (AvgIpc) is 3.28. The first-order valence-electron chi connectivity index (χ1n) is 9.42. The van der Waals surface area contributed by atoms with Crippen LogP contribution in [0.25, 0.3) is 0 Å². The molecule has 0 N–H and O–H groups in total. The Morgan fingerprint density at radius 2 is 1.67 bits per heavy atom. The van der Waals surface area contributed by atoms with Crippen molar-refractivity contribution in [3.8, 4) is 0 Å². The standard InChI is InChI=1S/C23H23N3O/c27-23(20-10-12-21(13-11-20)25-15-4-5-16-25)26(22-8-2-1-3-9-22)18-19-7-6-14-24-17-19/h1-3,6-14,17H,4-5,15-16,18H2. The zero-order valence-electron chi connectivity index (χ0n) is 15.3. The molecule has 1 aromatic heterocycles. The monoisotopic (exact) mass is 357 g/mol. The molecule has 0 aliphatic carbocycles. The number of hydrogen-bond acceptors (Lipinski definition) is 3. The minimum Gasteiger partial charge on any atom is -0.372 e. The lowest BCUT2D eigenvalue weighted by atomic mass is 10.1. The number of benzene rings is 2. The normalized spacial score (nSPS) is 13.6. The summed E-state index contributed by atoms with van der Waals surface area (Å²) >= 11 is 0. The molecule has 1 aliphatic heterocycles. The third kappa shape index (κ3) is 4.00. The topological polar surface area (TPSA) is 36.4 Å². The Morgan fingerprint density at radius 3 is 2.33 bits per heavy atom. The number of carbonyl (C=O) groups is 1. The Kier molecular flexibility index (Phi) is 5.15. The summed E-state index contributed by atoms with van der Waals surface area (Å²) in [5.74, 6) is -0.00183. The van der Waals surface area contributed by atoms with Crippen LogP contribution in [-0.2, 0) is 6.54 Å². The molecular formula is C23H23N3O. The van der Waals surface area contributed by atoms with Crippen LogP contribution in [0.1, 0.15) is 28.8 Å². The maximum atomic E-state index is 13.3. The summed E-state index contributed by atoms with van der Waals surface area (Å²) in [7, 11) is 0. The van der Waals surface area contributed by atoms with Crippen LogP contribution in [0.2, 0.25) is 0 Å². The molecule has 1 fully saturated rings. The maximum Gasteiger partial charge on any atom is 0.258 e. The van der Waals surface area contributed by atoms with E-state index in [1.165, 1.54) is 18.5 Å². The molecule has 1 aliphatic rings. The van der Waals surface area contributed by atoms with Crippen LogP contribution >= 0.6 is 0 Å². The fourth-order valence-electron chi connectivity index (χ4n) is 3.51. The molecular weight excluding hydrogens is 334 g/mol. The van der Waals surface area contributed by atoms with Crippen molar-refractivity contribution in [2.75, 3.05) is 22.9 Å². The number of carbonyl (C=O) groups excluding carboxylic acids is 1. The smallest absolute Gasteiger partial charge is 0.258 e. The average molecular weight is 357 g/mol. The molecule has 0 atom stereocenters. The van der Waals surface area contributed by atoms with Crippen molar-refractivity contribution >= 4 is 17.3 Å². The van der Waals surface area contributed by atoms with E-state index in [1.54, 1.807) is 12.4 Å². The van der Waals surface area contributed by atoms with Crippen molar-refractivity contribution in [2.45, 2.75) is 19.4 Å². The number of rotatable bonds is 5. The number of anilines is 2. The molecule has 2 heterocycles. The molecule has 4 nitrogen and oxygen atoms in total. The van der Waals surface area contributed by atoms with Gasteiger partial charge in [0.25, 0.3) is 5.91 Å². The van der Waals surface area contributed by atoms with Gasteiger partial charge in [0.05, 0.1) is 6.54 Å². The van der Waals surface area contributed by atoms with E-state index in [4.69, 9.17) is 0 Å². The van der Waals surface area contributed by atoms with E-state index in [9.17, 15) is 4.79 Å². The number of pyridine rings is 1. The fourth-order valence-corrected chi connectivity index (χ4v) is 3.51. The largest absolute Gasteiger partial charge is 0.372 e. The first-order chi connectivity index (χ1) is 13.3. The maximum absolute atomic E-state index is 13.3. The molecule has 4 rings (SSSR count). The van der Waals surface area contributed by atoms with Crippen LogP contribution in [0, 0.1) is 0 Å². The van der Waals surface area contributed by atoms with Gasteiger partial charge in [0.15, 0.2) is 0 Å². The predicted octanol–water partition coefficient (Wildman–Crippen LogP) is 4.53. The summed E-state index contributed by atoms with van der Waals surface area (Å²) in [6.45, 7) is 2.69. The molecule has 136 valence electrons. The van der Waals surface area contributed by atoms with Gasteiger partial charge in [-0.2, -0.15) is 0 Å². The summed E-state index contributed by atoms with van der Waals surface area (Å²) in [6.07, 6.45) is 6.04. The number of nitrogens with zero attached hydrogens (tertiary/aromatic N) is 3. The molecule has 0 unspecified atom stereocenters. The third-order valence-corrected chi connectivity index (χ3v) is 4.96. The molecule has 2 aromatic carbocycles. The highest BCUT2D eigenvalue weighted by atomic mass is 16.2. The molecule has 0 bridgehead atoms. The zero-order chi connectivity index (χ0) is 18.5. The molecule has 1 amide bonds. The molecule has 0 spiro atoms. The lowest BCUT2D eigenvalue weighted by molar-refractivity contribution is 0.0985. The first-order valence-corrected chi connectivity index (χ1v) is 9.42. The Balaban J connectivity index is 1.60. The Labute approximate surface area is 160 Å². The molecule has 27 heavy (non-hydrogen) atoms. The summed E-state index contributed by atoms with van der Waals surface area (Å²) in [5.41, 5.74) is 3.78. The van der Waals surface area contributed by atoms with Crippen molar-refractivity contribution in [3.63, 3.8) is 0 Å². The van der Waals surface area contributed by atoms with Gasteiger partial charge in [-0.15, -0.1) is 0 Å². The van der Waals surface area contributed by atoms with Crippen LogP contribution < -0.4 is 9.80 Å². The molecule has 0 saturated carbocycles. The van der Waals surface area contributed by atoms with Gasteiger partial charge in [-0.3, -0.25) is 9.78 Å². The van der Waals surface area contributed by atoms with E-state index in [-0.39, 0.29) is 5.91 Å². The third-order valence-electron chi connectivity index (χ3n) is 4.96. The molecule has 3 aromatic rings. The van der Waals surface area contributed by atoms with Crippen LogP contribution in [0.5, 0.6) is 0 Å². The second-order valence-corrected chi connectivity index (χ2v) is 6.83. The Morgan fingerprint density at radius 1 is 0.926 bits per heavy atom. The summed E-state index contributed by atoms with van der Waals surface area (Å²) in [4.78, 5) is 21.6. The molecule has 0 radical (unpaired) electrons. The van der Waals surface area contributed by atoms with Crippen molar-refractivity contribution in [2.24, 2.45) is 0 Å². The van der Waals surface area contributed by atoms with Crippen LogP contribution in [0.4, 0.5) is 11.4 Å². The van der Waals surface area contributed by atoms with Gasteiger partial charge < -0.3 is 9.80 Å². The lowest BCUT2D eigenvalue weighted by Gasteiger charge is -2.24. The number of aromatic nitrogens is 1. The predicted molar refractivity (Wildman–Crippen MR) is 109 cm³/mol. The zero-order valence-corrected chi connectivity index (χ0v) is 15.3. The number of hydrogen-bond donors (Lipinski definition) is 0. The highest BCUT2D eigenvalue weighted by Crippen LogP contribution is 2.23. The Hall–Kier alpha value is -3.14. The van der Waals surface area contributed by atoms with Crippen LogP contribution in [-0.4, -0.2) is 24.0 Å². The van der Waals surface area contributed by atoms with Crippen molar-refractivity contribution in [1.29, 1.82) is 0 Å². The second-order valence-electron chi connectivity index (χ2n) is 6.83. The minimum atomic E-state index is -0.00183. The summed E-state index contributed by atoms with van der Waals surface area (Å²) < 4.78 is 0. The fraction of sp³-hybridized carbons (Fsp3) is 0.217. The van der Waals surface area contributed by atoms with Gasteiger partial charge in [-0.1, -0.05) is 24.3 Å². The van der Waals surface area contributed by atoms with Crippen LogP contribution in [0.3, 0.4) is 0 Å². The van der Waals surface area contributed by atoms with E-state index >= 15 is 0 Å². The van der Waals surface area contributed by atoms with E-state index in [0.29, 0.717) is 12.1 Å². The number of para-hydroxylation sites is 1. The van der Waals surface area contributed by atoms with Crippen LogP contribution in [0.15, 0.2) is 79.1 Å². The van der Waals surface area contributed by atoms with Gasteiger partial charge in [-0.05, 0) is 60.9 Å². The van der Waals surface area contributed by atoms with E-state index in [0.717, 1.165) is 24.3 Å². The van der Waals surface area contributed by atoms with Gasteiger partial charge in [0.1, 0.15) is 0 Å². The van der Waals surface area contributed by atoms with Gasteiger partial charge >= 0.3 is 0 Å². The summed E-state index contributed by atoms with van der Waals surface area (Å²) in [6, 6.07) is 21.7. The van der Waals surface area contributed by atoms with E-state index in [1.807, 2.05) is 59.5 Å². The van der Waals surface area contributed by atoms with Crippen molar-refractivity contribution in [3.05, 3.63) is 90.3 Å². The highest BCUT2D eigenvalue weighted by molar-refractivity contribution is 6.06. The van der Waals surface area contributed by atoms with Crippen molar-refractivity contribution in [1.82, 2.24) is 4.98 Å². The first kappa shape index (κ1) is 17.3. The van der Waals surface area contributed by atoms with E-state index in [2.05, 4.69) is 22.0 Å².